The number of benzene rings is 1. The van der Waals surface area contributed by atoms with Gasteiger partial charge < -0.3 is 15.6 Å². The number of anilines is 2. The minimum Gasteiger partial charge on any atom is -0.383 e. The van der Waals surface area contributed by atoms with E-state index >= 15 is 0 Å². The van der Waals surface area contributed by atoms with Gasteiger partial charge in [0.05, 0.1) is 5.52 Å². The van der Waals surface area contributed by atoms with E-state index in [2.05, 4.69) is 24.8 Å². The van der Waals surface area contributed by atoms with Gasteiger partial charge in [-0.2, -0.15) is 4.98 Å². The van der Waals surface area contributed by atoms with Gasteiger partial charge in [0.15, 0.2) is 0 Å². The molecule has 0 aliphatic carbocycles. The van der Waals surface area contributed by atoms with Gasteiger partial charge in [-0.25, -0.2) is 9.97 Å². The number of hydrogen-bond acceptors (Lipinski definition) is 5. The Kier molecular flexibility index (Phi) is 3.14. The Hall–Kier alpha value is -2.63. The standard InChI is InChI=1S/C16H18N6/c17-14-12-5-1-2-6-13(12)20-16(21-14)22-9-3-4-11(10-22)15-18-7-8-19-15/h1-2,5-8,11H,3-4,9-10H2,(H,18,19)(H2,17,20,21). The molecule has 3 N–H and O–H groups in total. The van der Waals surface area contributed by atoms with Crippen molar-refractivity contribution < 1.29 is 0 Å². The van der Waals surface area contributed by atoms with E-state index in [1.807, 2.05) is 30.5 Å². The molecule has 0 spiro atoms. The third-order valence-electron chi connectivity index (χ3n) is 4.23. The number of imidazole rings is 1. The Morgan fingerprint density at radius 2 is 2.14 bits per heavy atom. The van der Waals surface area contributed by atoms with Gasteiger partial charge in [-0.15, -0.1) is 0 Å². The van der Waals surface area contributed by atoms with Crippen molar-refractivity contribution in [3.8, 4) is 0 Å². The molecule has 1 saturated heterocycles. The highest BCUT2D eigenvalue weighted by atomic mass is 15.3. The van der Waals surface area contributed by atoms with Crippen LogP contribution in [0.4, 0.5) is 11.8 Å². The minimum absolute atomic E-state index is 0.389. The summed E-state index contributed by atoms with van der Waals surface area (Å²) in [5, 5.41) is 0.908. The number of nitrogens with zero attached hydrogens (tertiary/aromatic N) is 4. The Balaban J connectivity index is 1.66. The van der Waals surface area contributed by atoms with Crippen LogP contribution in [0.1, 0.15) is 24.6 Å². The van der Waals surface area contributed by atoms with Gasteiger partial charge in [0.25, 0.3) is 0 Å². The van der Waals surface area contributed by atoms with Gasteiger partial charge in [0.2, 0.25) is 5.95 Å². The molecule has 1 fully saturated rings. The zero-order valence-electron chi connectivity index (χ0n) is 12.2. The second-order valence-corrected chi connectivity index (χ2v) is 5.69. The summed E-state index contributed by atoms with van der Waals surface area (Å²) >= 11 is 0. The van der Waals surface area contributed by atoms with Crippen molar-refractivity contribution in [2.75, 3.05) is 23.7 Å². The predicted octanol–water partition coefficient (Wildman–Crippen LogP) is 2.32. The summed E-state index contributed by atoms with van der Waals surface area (Å²) in [6.45, 7) is 1.82. The summed E-state index contributed by atoms with van der Waals surface area (Å²) in [6.07, 6.45) is 5.91. The number of hydrogen-bond donors (Lipinski definition) is 2. The molecular weight excluding hydrogens is 276 g/mol. The minimum atomic E-state index is 0.389. The van der Waals surface area contributed by atoms with Crippen molar-refractivity contribution in [2.45, 2.75) is 18.8 Å². The van der Waals surface area contributed by atoms with Crippen molar-refractivity contribution in [1.29, 1.82) is 0 Å². The average Bonchev–Trinajstić information content (AvgIpc) is 3.09. The highest BCUT2D eigenvalue weighted by molar-refractivity contribution is 5.88. The highest BCUT2D eigenvalue weighted by Crippen LogP contribution is 2.28. The normalized spacial score (nSPS) is 18.7. The first-order valence-electron chi connectivity index (χ1n) is 7.58. The number of aromatic amines is 1. The monoisotopic (exact) mass is 294 g/mol. The van der Waals surface area contributed by atoms with Gasteiger partial charge in [0, 0.05) is 36.8 Å². The Morgan fingerprint density at radius 1 is 1.23 bits per heavy atom. The molecule has 1 atom stereocenters. The Morgan fingerprint density at radius 3 is 3.00 bits per heavy atom. The first-order valence-corrected chi connectivity index (χ1v) is 7.58. The summed E-state index contributed by atoms with van der Waals surface area (Å²) in [7, 11) is 0. The number of rotatable bonds is 2. The van der Waals surface area contributed by atoms with Crippen LogP contribution in [0.25, 0.3) is 10.9 Å². The summed E-state index contributed by atoms with van der Waals surface area (Å²) < 4.78 is 0. The number of para-hydroxylation sites is 1. The van der Waals surface area contributed by atoms with Crippen LogP contribution in [0.15, 0.2) is 36.7 Å². The molecule has 0 amide bonds. The topological polar surface area (TPSA) is 83.7 Å². The summed E-state index contributed by atoms with van der Waals surface area (Å²) in [6, 6.07) is 7.86. The third-order valence-corrected chi connectivity index (χ3v) is 4.23. The van der Waals surface area contributed by atoms with Crippen LogP contribution in [-0.4, -0.2) is 33.0 Å². The molecule has 6 heteroatoms. The largest absolute Gasteiger partial charge is 0.383 e. The van der Waals surface area contributed by atoms with Gasteiger partial charge in [0.1, 0.15) is 11.6 Å². The van der Waals surface area contributed by atoms with Gasteiger partial charge in [-0.3, -0.25) is 0 Å². The maximum atomic E-state index is 6.10. The quantitative estimate of drug-likeness (QED) is 0.758. The number of fused-ring (bicyclic) bond motifs is 1. The van der Waals surface area contributed by atoms with Gasteiger partial charge in [-0.05, 0) is 25.0 Å². The molecular formula is C16H18N6. The maximum absolute atomic E-state index is 6.10. The van der Waals surface area contributed by atoms with E-state index in [9.17, 15) is 0 Å². The maximum Gasteiger partial charge on any atom is 0.227 e. The number of aromatic nitrogens is 4. The molecule has 3 heterocycles. The molecule has 1 aliphatic rings. The first-order chi connectivity index (χ1) is 10.8. The molecule has 2 aromatic heterocycles. The summed E-state index contributed by atoms with van der Waals surface area (Å²) in [4.78, 5) is 19.0. The van der Waals surface area contributed by atoms with E-state index in [1.54, 1.807) is 6.20 Å². The molecule has 6 nitrogen and oxygen atoms in total. The van der Waals surface area contributed by atoms with Crippen molar-refractivity contribution in [2.24, 2.45) is 0 Å². The van der Waals surface area contributed by atoms with Crippen molar-refractivity contribution in [3.05, 3.63) is 42.5 Å². The first kappa shape index (κ1) is 13.1. The summed E-state index contributed by atoms with van der Waals surface area (Å²) in [5.41, 5.74) is 6.99. The number of nitrogens with two attached hydrogens (primary N) is 1. The lowest BCUT2D eigenvalue weighted by atomic mass is 9.98. The third kappa shape index (κ3) is 2.26. The van der Waals surface area contributed by atoms with E-state index in [1.165, 1.54) is 0 Å². The van der Waals surface area contributed by atoms with Gasteiger partial charge >= 0.3 is 0 Å². The van der Waals surface area contributed by atoms with Crippen LogP contribution in [0.3, 0.4) is 0 Å². The smallest absolute Gasteiger partial charge is 0.227 e. The lowest BCUT2D eigenvalue weighted by molar-refractivity contribution is 0.489. The van der Waals surface area contributed by atoms with Crippen LogP contribution in [0.5, 0.6) is 0 Å². The molecule has 1 unspecified atom stereocenters. The van der Waals surface area contributed by atoms with Gasteiger partial charge in [-0.1, -0.05) is 12.1 Å². The molecule has 0 radical (unpaired) electrons. The fraction of sp³-hybridized carbons (Fsp3) is 0.312. The van der Waals surface area contributed by atoms with Crippen molar-refractivity contribution in [1.82, 2.24) is 19.9 Å². The van der Waals surface area contributed by atoms with E-state index in [0.717, 1.165) is 42.7 Å². The van der Waals surface area contributed by atoms with Crippen LogP contribution in [-0.2, 0) is 0 Å². The molecule has 112 valence electrons. The van der Waals surface area contributed by atoms with Crippen LogP contribution in [0, 0.1) is 0 Å². The molecule has 0 bridgehead atoms. The lowest BCUT2D eigenvalue weighted by Crippen LogP contribution is -2.36. The molecule has 1 aromatic carbocycles. The Labute approximate surface area is 128 Å². The van der Waals surface area contributed by atoms with E-state index < -0.39 is 0 Å². The number of piperidine rings is 1. The zero-order valence-corrected chi connectivity index (χ0v) is 12.2. The lowest BCUT2D eigenvalue weighted by Gasteiger charge is -2.32. The van der Waals surface area contributed by atoms with Crippen LogP contribution >= 0.6 is 0 Å². The molecule has 4 rings (SSSR count). The van der Waals surface area contributed by atoms with Crippen LogP contribution < -0.4 is 10.6 Å². The van der Waals surface area contributed by atoms with Crippen molar-refractivity contribution >= 4 is 22.7 Å². The van der Waals surface area contributed by atoms with E-state index in [0.29, 0.717) is 17.7 Å². The van der Waals surface area contributed by atoms with E-state index in [4.69, 9.17) is 5.73 Å². The SMILES string of the molecule is Nc1nc(N2CCCC(c3ncc[nH]3)C2)nc2ccccc12. The zero-order chi connectivity index (χ0) is 14.9. The van der Waals surface area contributed by atoms with Crippen LogP contribution in [0.2, 0.25) is 0 Å². The average molecular weight is 294 g/mol. The number of nitrogen functional groups attached to an aromatic ring is 1. The molecule has 3 aromatic rings. The van der Waals surface area contributed by atoms with E-state index in [-0.39, 0.29) is 0 Å². The molecule has 0 saturated carbocycles. The number of nitrogens with one attached hydrogen (secondary N) is 1. The molecule has 22 heavy (non-hydrogen) atoms. The Bertz CT molecular complexity index is 782. The van der Waals surface area contributed by atoms with Crippen molar-refractivity contribution in [3.63, 3.8) is 0 Å². The predicted molar refractivity (Wildman–Crippen MR) is 86.7 cm³/mol. The number of H-pyrrole nitrogens is 1. The second-order valence-electron chi connectivity index (χ2n) is 5.69. The fourth-order valence-electron chi connectivity index (χ4n) is 3.11. The fourth-order valence-corrected chi connectivity index (χ4v) is 3.11. The summed E-state index contributed by atoms with van der Waals surface area (Å²) in [5.74, 6) is 2.69. The second kappa shape index (κ2) is 5.29. The molecule has 1 aliphatic heterocycles. The highest BCUT2D eigenvalue weighted by Gasteiger charge is 2.25.